The van der Waals surface area contributed by atoms with Crippen molar-refractivity contribution in [3.63, 3.8) is 0 Å². The number of anilines is 2. The van der Waals surface area contributed by atoms with Crippen molar-refractivity contribution >= 4 is 11.4 Å². The summed E-state index contributed by atoms with van der Waals surface area (Å²) in [4.78, 5) is 2.41. The first-order chi connectivity index (χ1) is 13.8. The standard InChI is InChI=1S/C21H24N4O3/c1-26-18-10-5-15(13-19(18)27-2)21-24-23-20(28-21)14-22-16-6-8-17(9-7-16)25-11-3-4-12-25/h5-10,13,22H,3-4,11-12,14H2,1-2H3. The molecule has 1 saturated heterocycles. The first-order valence-corrected chi connectivity index (χ1v) is 9.40. The van der Waals surface area contributed by atoms with Gasteiger partial charge in [-0.15, -0.1) is 10.2 Å². The molecule has 0 aliphatic carbocycles. The largest absolute Gasteiger partial charge is 0.493 e. The molecule has 0 spiro atoms. The minimum absolute atomic E-state index is 0.446. The molecule has 4 rings (SSSR count). The molecule has 2 aromatic carbocycles. The molecule has 2 heterocycles. The van der Waals surface area contributed by atoms with Crippen LogP contribution >= 0.6 is 0 Å². The summed E-state index contributed by atoms with van der Waals surface area (Å²) >= 11 is 0. The van der Waals surface area contributed by atoms with Crippen molar-refractivity contribution < 1.29 is 13.9 Å². The quantitative estimate of drug-likeness (QED) is 0.665. The van der Waals surface area contributed by atoms with Crippen molar-refractivity contribution in [2.45, 2.75) is 19.4 Å². The lowest BCUT2D eigenvalue weighted by atomic mass is 10.2. The maximum Gasteiger partial charge on any atom is 0.247 e. The van der Waals surface area contributed by atoms with E-state index in [0.29, 0.717) is 29.8 Å². The predicted molar refractivity (Wildman–Crippen MR) is 108 cm³/mol. The maximum atomic E-state index is 5.78. The second-order valence-corrected chi connectivity index (χ2v) is 6.67. The van der Waals surface area contributed by atoms with Crippen LogP contribution in [-0.2, 0) is 6.54 Å². The van der Waals surface area contributed by atoms with Gasteiger partial charge in [-0.2, -0.15) is 0 Å². The first-order valence-electron chi connectivity index (χ1n) is 9.40. The number of nitrogens with one attached hydrogen (secondary N) is 1. The average Bonchev–Trinajstić information content (AvgIpc) is 3.44. The van der Waals surface area contributed by atoms with Gasteiger partial charge in [-0.25, -0.2) is 0 Å². The van der Waals surface area contributed by atoms with Gasteiger partial charge in [0.25, 0.3) is 0 Å². The van der Waals surface area contributed by atoms with Gasteiger partial charge in [-0.3, -0.25) is 0 Å². The fraction of sp³-hybridized carbons (Fsp3) is 0.333. The van der Waals surface area contributed by atoms with Crippen molar-refractivity contribution in [1.82, 2.24) is 10.2 Å². The summed E-state index contributed by atoms with van der Waals surface area (Å²) in [5.41, 5.74) is 3.08. The Morgan fingerprint density at radius 2 is 1.71 bits per heavy atom. The molecule has 0 atom stereocenters. The average molecular weight is 380 g/mol. The van der Waals surface area contributed by atoms with E-state index in [1.54, 1.807) is 14.2 Å². The molecule has 1 fully saturated rings. The van der Waals surface area contributed by atoms with Crippen LogP contribution in [0, 0.1) is 0 Å². The van der Waals surface area contributed by atoms with Gasteiger partial charge in [0, 0.05) is 30.0 Å². The van der Waals surface area contributed by atoms with Crippen LogP contribution in [0.1, 0.15) is 18.7 Å². The molecule has 0 bridgehead atoms. The third-order valence-electron chi connectivity index (χ3n) is 4.88. The van der Waals surface area contributed by atoms with Gasteiger partial charge in [0.05, 0.1) is 20.8 Å². The molecule has 7 nitrogen and oxygen atoms in total. The predicted octanol–water partition coefficient (Wildman–Crippen LogP) is 3.97. The Kier molecular flexibility index (Phi) is 5.32. The molecule has 0 amide bonds. The van der Waals surface area contributed by atoms with E-state index < -0.39 is 0 Å². The number of hydrogen-bond donors (Lipinski definition) is 1. The SMILES string of the molecule is COc1ccc(-c2nnc(CNc3ccc(N4CCCC4)cc3)o2)cc1OC. The minimum Gasteiger partial charge on any atom is -0.493 e. The molecular formula is C21H24N4O3. The number of nitrogens with zero attached hydrogens (tertiary/aromatic N) is 3. The number of methoxy groups -OCH3 is 2. The summed E-state index contributed by atoms with van der Waals surface area (Å²) in [6.45, 7) is 2.75. The Balaban J connectivity index is 1.39. The van der Waals surface area contributed by atoms with Gasteiger partial charge in [0.15, 0.2) is 11.5 Å². The summed E-state index contributed by atoms with van der Waals surface area (Å²) in [5, 5.41) is 11.6. The van der Waals surface area contributed by atoms with Crippen LogP contribution in [0.2, 0.25) is 0 Å². The van der Waals surface area contributed by atoms with Gasteiger partial charge in [0.2, 0.25) is 11.8 Å². The van der Waals surface area contributed by atoms with Crippen LogP contribution in [0.4, 0.5) is 11.4 Å². The van der Waals surface area contributed by atoms with Crippen LogP contribution in [0.3, 0.4) is 0 Å². The van der Waals surface area contributed by atoms with Crippen LogP contribution in [-0.4, -0.2) is 37.5 Å². The fourth-order valence-corrected chi connectivity index (χ4v) is 3.35. The molecule has 1 aliphatic heterocycles. The van der Waals surface area contributed by atoms with E-state index in [1.807, 2.05) is 18.2 Å². The molecule has 7 heteroatoms. The molecule has 1 aromatic heterocycles. The monoisotopic (exact) mass is 380 g/mol. The molecule has 146 valence electrons. The third kappa shape index (κ3) is 3.88. The Hall–Kier alpha value is -3.22. The molecule has 3 aromatic rings. The Bertz CT molecular complexity index is 918. The maximum absolute atomic E-state index is 5.78. The molecular weight excluding hydrogens is 356 g/mol. The highest BCUT2D eigenvalue weighted by Crippen LogP contribution is 2.31. The van der Waals surface area contributed by atoms with Gasteiger partial charge in [0.1, 0.15) is 0 Å². The first kappa shape index (κ1) is 18.2. The molecule has 0 radical (unpaired) electrons. The Labute approximate surface area is 164 Å². The van der Waals surface area contributed by atoms with Crippen LogP contribution in [0.25, 0.3) is 11.5 Å². The van der Waals surface area contributed by atoms with E-state index in [1.165, 1.54) is 18.5 Å². The number of hydrogen-bond acceptors (Lipinski definition) is 7. The highest BCUT2D eigenvalue weighted by atomic mass is 16.5. The number of ether oxygens (including phenoxy) is 2. The molecule has 1 N–H and O–H groups in total. The normalized spacial score (nSPS) is 13.6. The van der Waals surface area contributed by atoms with Gasteiger partial charge >= 0.3 is 0 Å². The molecule has 28 heavy (non-hydrogen) atoms. The lowest BCUT2D eigenvalue weighted by Crippen LogP contribution is -2.17. The number of benzene rings is 2. The zero-order chi connectivity index (χ0) is 19.3. The minimum atomic E-state index is 0.446. The third-order valence-corrected chi connectivity index (χ3v) is 4.88. The molecule has 0 unspecified atom stereocenters. The van der Waals surface area contributed by atoms with Crippen molar-refractivity contribution in [2.24, 2.45) is 0 Å². The van der Waals surface area contributed by atoms with E-state index in [-0.39, 0.29) is 0 Å². The highest BCUT2D eigenvalue weighted by Gasteiger charge is 2.13. The fourth-order valence-electron chi connectivity index (χ4n) is 3.35. The van der Waals surface area contributed by atoms with Crippen molar-refractivity contribution in [3.8, 4) is 23.0 Å². The summed E-state index contributed by atoms with van der Waals surface area (Å²) in [6.07, 6.45) is 2.55. The summed E-state index contributed by atoms with van der Waals surface area (Å²) in [7, 11) is 3.20. The Morgan fingerprint density at radius 1 is 0.964 bits per heavy atom. The van der Waals surface area contributed by atoms with Crippen molar-refractivity contribution in [2.75, 3.05) is 37.5 Å². The zero-order valence-electron chi connectivity index (χ0n) is 16.1. The van der Waals surface area contributed by atoms with Crippen molar-refractivity contribution in [3.05, 3.63) is 48.4 Å². The zero-order valence-corrected chi connectivity index (χ0v) is 16.1. The van der Waals surface area contributed by atoms with Gasteiger partial charge < -0.3 is 24.1 Å². The van der Waals surface area contributed by atoms with Crippen LogP contribution < -0.4 is 19.7 Å². The summed E-state index contributed by atoms with van der Waals surface area (Å²) in [5.74, 6) is 2.25. The number of aromatic nitrogens is 2. The van der Waals surface area contributed by atoms with Gasteiger partial charge in [-0.1, -0.05) is 0 Å². The van der Waals surface area contributed by atoms with E-state index in [0.717, 1.165) is 24.3 Å². The second-order valence-electron chi connectivity index (χ2n) is 6.67. The van der Waals surface area contributed by atoms with E-state index in [9.17, 15) is 0 Å². The second kappa shape index (κ2) is 8.21. The molecule has 1 aliphatic rings. The van der Waals surface area contributed by atoms with E-state index >= 15 is 0 Å². The topological polar surface area (TPSA) is 72.7 Å². The highest BCUT2D eigenvalue weighted by molar-refractivity contribution is 5.59. The smallest absolute Gasteiger partial charge is 0.247 e. The van der Waals surface area contributed by atoms with E-state index in [2.05, 4.69) is 44.7 Å². The van der Waals surface area contributed by atoms with Crippen LogP contribution in [0.15, 0.2) is 46.9 Å². The molecule has 0 saturated carbocycles. The Morgan fingerprint density at radius 3 is 2.43 bits per heavy atom. The number of rotatable bonds is 7. The van der Waals surface area contributed by atoms with Crippen LogP contribution in [0.5, 0.6) is 11.5 Å². The lowest BCUT2D eigenvalue weighted by Gasteiger charge is -2.17. The summed E-state index contributed by atoms with van der Waals surface area (Å²) in [6, 6.07) is 14.0. The lowest BCUT2D eigenvalue weighted by molar-refractivity contribution is 0.355. The van der Waals surface area contributed by atoms with Gasteiger partial charge in [-0.05, 0) is 55.3 Å². The van der Waals surface area contributed by atoms with E-state index in [4.69, 9.17) is 13.9 Å². The van der Waals surface area contributed by atoms with Crippen molar-refractivity contribution in [1.29, 1.82) is 0 Å². The summed E-state index contributed by atoms with van der Waals surface area (Å²) < 4.78 is 16.4.